The van der Waals surface area contributed by atoms with E-state index < -0.39 is 5.92 Å². The van der Waals surface area contributed by atoms with Crippen molar-refractivity contribution >= 4 is 23.2 Å². The molecule has 0 heterocycles. The molecule has 0 saturated heterocycles. The zero-order valence-corrected chi connectivity index (χ0v) is 18.7. The second-order valence-electron chi connectivity index (χ2n) is 7.58. The standard InChI is InChI=1S/C27H30N2O2/c1-5-28(23-18-12-10-14-20(23)3)26(30)25(22-16-8-7-9-17-22)27(31)29(6-2)24-19-13-11-15-21(24)4/h7-19,25H,5-6H2,1-4H3. The fraction of sp³-hybridized carbons (Fsp3) is 0.259. The monoisotopic (exact) mass is 414 g/mol. The normalized spacial score (nSPS) is 10.7. The maximum Gasteiger partial charge on any atom is 0.244 e. The first-order chi connectivity index (χ1) is 15.0. The van der Waals surface area contributed by atoms with Crippen molar-refractivity contribution in [3.05, 3.63) is 95.6 Å². The summed E-state index contributed by atoms with van der Waals surface area (Å²) < 4.78 is 0. The van der Waals surface area contributed by atoms with E-state index >= 15 is 0 Å². The molecule has 0 unspecified atom stereocenters. The zero-order valence-electron chi connectivity index (χ0n) is 18.7. The highest BCUT2D eigenvalue weighted by atomic mass is 16.2. The van der Waals surface area contributed by atoms with E-state index in [-0.39, 0.29) is 11.8 Å². The summed E-state index contributed by atoms with van der Waals surface area (Å²) in [7, 11) is 0. The minimum Gasteiger partial charge on any atom is -0.311 e. The van der Waals surface area contributed by atoms with Gasteiger partial charge in [0.25, 0.3) is 0 Å². The molecule has 0 atom stereocenters. The number of likely N-dealkylation sites (N-methyl/N-ethyl adjacent to an activating group) is 2. The lowest BCUT2D eigenvalue weighted by molar-refractivity contribution is -0.128. The SMILES string of the molecule is CCN(C(=O)C(C(=O)N(CC)c1ccccc1C)c1ccccc1)c1ccccc1C. The summed E-state index contributed by atoms with van der Waals surface area (Å²) in [6, 6.07) is 24.9. The second kappa shape index (κ2) is 10.1. The van der Waals surface area contributed by atoms with Gasteiger partial charge in [-0.25, -0.2) is 0 Å². The summed E-state index contributed by atoms with van der Waals surface area (Å²) in [6.45, 7) is 8.81. The first-order valence-corrected chi connectivity index (χ1v) is 10.8. The molecule has 0 aromatic heterocycles. The number of nitrogens with zero attached hydrogens (tertiary/aromatic N) is 2. The Morgan fingerprint density at radius 1 is 0.645 bits per heavy atom. The van der Waals surface area contributed by atoms with Crippen LogP contribution in [-0.4, -0.2) is 24.9 Å². The molecule has 4 heteroatoms. The predicted molar refractivity (Wildman–Crippen MR) is 128 cm³/mol. The second-order valence-corrected chi connectivity index (χ2v) is 7.58. The molecule has 0 aliphatic rings. The van der Waals surface area contributed by atoms with E-state index in [0.29, 0.717) is 18.7 Å². The lowest BCUT2D eigenvalue weighted by Gasteiger charge is -2.31. The van der Waals surface area contributed by atoms with Crippen LogP contribution in [0.2, 0.25) is 0 Å². The Hall–Kier alpha value is -3.40. The predicted octanol–water partition coefficient (Wildman–Crippen LogP) is 5.49. The molecule has 0 aliphatic carbocycles. The van der Waals surface area contributed by atoms with Crippen molar-refractivity contribution in [1.82, 2.24) is 0 Å². The van der Waals surface area contributed by atoms with Gasteiger partial charge in [-0.05, 0) is 56.5 Å². The van der Waals surface area contributed by atoms with Crippen molar-refractivity contribution in [2.24, 2.45) is 0 Å². The molecular formula is C27H30N2O2. The first-order valence-electron chi connectivity index (χ1n) is 10.8. The molecule has 0 aliphatic heterocycles. The van der Waals surface area contributed by atoms with E-state index in [2.05, 4.69) is 0 Å². The van der Waals surface area contributed by atoms with E-state index in [9.17, 15) is 9.59 Å². The fourth-order valence-corrected chi connectivity index (χ4v) is 3.97. The van der Waals surface area contributed by atoms with Crippen molar-refractivity contribution < 1.29 is 9.59 Å². The van der Waals surface area contributed by atoms with Gasteiger partial charge in [-0.2, -0.15) is 0 Å². The van der Waals surface area contributed by atoms with E-state index in [1.54, 1.807) is 9.80 Å². The van der Waals surface area contributed by atoms with Crippen LogP contribution in [0.3, 0.4) is 0 Å². The Labute approximate surface area is 185 Å². The van der Waals surface area contributed by atoms with Gasteiger partial charge < -0.3 is 9.80 Å². The molecule has 0 N–H and O–H groups in total. The number of anilines is 2. The first kappa shape index (κ1) is 22.3. The van der Waals surface area contributed by atoms with Crippen molar-refractivity contribution in [2.75, 3.05) is 22.9 Å². The Morgan fingerprint density at radius 2 is 1.03 bits per heavy atom. The summed E-state index contributed by atoms with van der Waals surface area (Å²) in [6.07, 6.45) is 0. The molecule has 160 valence electrons. The minimum absolute atomic E-state index is 0.208. The van der Waals surface area contributed by atoms with E-state index in [4.69, 9.17) is 0 Å². The van der Waals surface area contributed by atoms with Crippen LogP contribution in [0.4, 0.5) is 11.4 Å². The Kier molecular flexibility index (Phi) is 7.24. The van der Waals surface area contributed by atoms with Crippen LogP contribution >= 0.6 is 0 Å². The molecular weight excluding hydrogens is 384 g/mol. The molecule has 3 rings (SSSR count). The summed E-state index contributed by atoms with van der Waals surface area (Å²) >= 11 is 0. The van der Waals surface area contributed by atoms with Crippen molar-refractivity contribution in [3.63, 3.8) is 0 Å². The molecule has 0 saturated carbocycles. The molecule has 3 aromatic rings. The number of benzene rings is 3. The van der Waals surface area contributed by atoms with E-state index in [1.807, 2.05) is 107 Å². The van der Waals surface area contributed by atoms with Crippen LogP contribution < -0.4 is 9.80 Å². The Morgan fingerprint density at radius 3 is 1.42 bits per heavy atom. The van der Waals surface area contributed by atoms with Gasteiger partial charge in [0.05, 0.1) is 0 Å². The smallest absolute Gasteiger partial charge is 0.244 e. The van der Waals surface area contributed by atoms with Gasteiger partial charge in [-0.1, -0.05) is 66.7 Å². The van der Waals surface area contributed by atoms with Gasteiger partial charge in [0.15, 0.2) is 0 Å². The molecule has 4 nitrogen and oxygen atoms in total. The molecule has 0 fully saturated rings. The van der Waals surface area contributed by atoms with Crippen molar-refractivity contribution in [1.29, 1.82) is 0 Å². The number of hydrogen-bond donors (Lipinski definition) is 0. The number of amides is 2. The zero-order chi connectivity index (χ0) is 22.4. The number of aryl methyl sites for hydroxylation is 2. The highest BCUT2D eigenvalue weighted by Crippen LogP contribution is 2.29. The number of rotatable bonds is 7. The minimum atomic E-state index is -0.916. The van der Waals surface area contributed by atoms with Gasteiger partial charge in [-0.15, -0.1) is 0 Å². The van der Waals surface area contributed by atoms with Gasteiger partial charge >= 0.3 is 0 Å². The molecule has 0 spiro atoms. The number of carbonyl (C=O) groups is 2. The highest BCUT2D eigenvalue weighted by Gasteiger charge is 2.36. The molecule has 0 bridgehead atoms. The van der Waals surface area contributed by atoms with Crippen LogP contribution in [-0.2, 0) is 9.59 Å². The average Bonchev–Trinajstić information content (AvgIpc) is 2.78. The van der Waals surface area contributed by atoms with Crippen LogP contribution in [0.5, 0.6) is 0 Å². The largest absolute Gasteiger partial charge is 0.311 e. The third-order valence-corrected chi connectivity index (χ3v) is 5.60. The number of hydrogen-bond acceptors (Lipinski definition) is 2. The van der Waals surface area contributed by atoms with Gasteiger partial charge in [-0.3, -0.25) is 9.59 Å². The average molecular weight is 415 g/mol. The molecule has 3 aromatic carbocycles. The topological polar surface area (TPSA) is 40.6 Å². The Bertz CT molecular complexity index is 980. The van der Waals surface area contributed by atoms with Crippen molar-refractivity contribution in [3.8, 4) is 0 Å². The summed E-state index contributed by atoms with van der Waals surface area (Å²) in [4.78, 5) is 31.2. The molecule has 2 amide bonds. The summed E-state index contributed by atoms with van der Waals surface area (Å²) in [5, 5.41) is 0. The van der Waals surface area contributed by atoms with Crippen LogP contribution in [0.15, 0.2) is 78.9 Å². The molecule has 31 heavy (non-hydrogen) atoms. The van der Waals surface area contributed by atoms with Crippen LogP contribution in [0, 0.1) is 13.8 Å². The van der Waals surface area contributed by atoms with Crippen molar-refractivity contribution in [2.45, 2.75) is 33.6 Å². The van der Waals surface area contributed by atoms with Gasteiger partial charge in [0.2, 0.25) is 11.8 Å². The summed E-state index contributed by atoms with van der Waals surface area (Å²) in [5.74, 6) is -1.33. The van der Waals surface area contributed by atoms with Crippen LogP contribution in [0.1, 0.15) is 36.5 Å². The highest BCUT2D eigenvalue weighted by molar-refractivity contribution is 6.17. The maximum absolute atomic E-state index is 13.9. The Balaban J connectivity index is 2.08. The van der Waals surface area contributed by atoms with E-state index in [0.717, 1.165) is 22.5 Å². The third-order valence-electron chi connectivity index (χ3n) is 5.60. The lowest BCUT2D eigenvalue weighted by atomic mass is 9.94. The number of para-hydroxylation sites is 2. The van der Waals surface area contributed by atoms with Gasteiger partial charge in [0, 0.05) is 24.5 Å². The third kappa shape index (κ3) is 4.69. The lowest BCUT2D eigenvalue weighted by Crippen LogP contribution is -2.44. The van der Waals surface area contributed by atoms with Crippen LogP contribution in [0.25, 0.3) is 0 Å². The van der Waals surface area contributed by atoms with E-state index in [1.165, 1.54) is 0 Å². The quantitative estimate of drug-likeness (QED) is 0.480. The van der Waals surface area contributed by atoms with Gasteiger partial charge in [0.1, 0.15) is 5.92 Å². The summed E-state index contributed by atoms with van der Waals surface area (Å²) in [5.41, 5.74) is 4.38. The molecule has 0 radical (unpaired) electrons. The maximum atomic E-state index is 13.9. The number of carbonyl (C=O) groups excluding carboxylic acids is 2. The fourth-order valence-electron chi connectivity index (χ4n) is 3.97.